The minimum atomic E-state index is -0.439. The lowest BCUT2D eigenvalue weighted by Gasteiger charge is -2.15. The average molecular weight is 373 g/mol. The molecule has 0 saturated heterocycles. The van der Waals surface area contributed by atoms with Crippen LogP contribution in [0.4, 0.5) is 5.69 Å². The van der Waals surface area contributed by atoms with Crippen LogP contribution in [0.25, 0.3) is 10.2 Å². The highest BCUT2D eigenvalue weighted by molar-refractivity contribution is 8.00. The van der Waals surface area contributed by atoms with Crippen molar-refractivity contribution in [2.24, 2.45) is 0 Å². The molecule has 3 aromatic rings. The summed E-state index contributed by atoms with van der Waals surface area (Å²) in [6.07, 6.45) is 0. The van der Waals surface area contributed by atoms with E-state index in [0.717, 1.165) is 20.1 Å². The first kappa shape index (κ1) is 17.4. The van der Waals surface area contributed by atoms with Gasteiger partial charge in [-0.1, -0.05) is 12.1 Å². The zero-order chi connectivity index (χ0) is 17.8. The number of hydrogen-bond donors (Lipinski definition) is 0. The van der Waals surface area contributed by atoms with Gasteiger partial charge in [0, 0.05) is 24.1 Å². The molecule has 1 heterocycles. The monoisotopic (exact) mass is 373 g/mol. The van der Waals surface area contributed by atoms with Gasteiger partial charge in [-0.25, -0.2) is 4.98 Å². The number of rotatable bonds is 6. The van der Waals surface area contributed by atoms with Gasteiger partial charge in [-0.15, -0.1) is 23.1 Å². The minimum Gasteiger partial charge on any atom is -0.338 e. The number of aromatic nitrogens is 1. The molecule has 8 heteroatoms. The largest absolute Gasteiger partial charge is 0.338 e. The maximum atomic E-state index is 12.3. The summed E-state index contributed by atoms with van der Waals surface area (Å²) >= 11 is 2.95. The molecule has 2 aromatic carbocycles. The highest BCUT2D eigenvalue weighted by atomic mass is 32.2. The standard InChI is InChI=1S/C17H15N3O3S2/c1-19(10-16-18-14-4-2-3-5-15(14)25-16)17(21)11-24-13-8-6-12(7-9-13)20(22)23/h2-9H,10-11H2,1H3. The lowest BCUT2D eigenvalue weighted by molar-refractivity contribution is -0.384. The number of nitrogens with zero attached hydrogens (tertiary/aromatic N) is 3. The molecule has 0 aliphatic heterocycles. The van der Waals surface area contributed by atoms with E-state index in [1.807, 2.05) is 24.3 Å². The molecule has 25 heavy (non-hydrogen) atoms. The number of nitro groups is 1. The molecule has 0 aliphatic rings. The zero-order valence-electron chi connectivity index (χ0n) is 13.4. The average Bonchev–Trinajstić information content (AvgIpc) is 3.02. The molecule has 1 amide bonds. The molecular formula is C17H15N3O3S2. The Morgan fingerprint density at radius 1 is 1.24 bits per heavy atom. The van der Waals surface area contributed by atoms with Gasteiger partial charge < -0.3 is 4.90 Å². The van der Waals surface area contributed by atoms with Crippen LogP contribution in [0.2, 0.25) is 0 Å². The Bertz CT molecular complexity index is 876. The second kappa shape index (κ2) is 7.62. The number of hydrogen-bond acceptors (Lipinski definition) is 6. The fourth-order valence-corrected chi connectivity index (χ4v) is 4.06. The number of amides is 1. The third-order valence-electron chi connectivity index (χ3n) is 3.55. The molecule has 1 aromatic heterocycles. The maximum absolute atomic E-state index is 12.3. The quantitative estimate of drug-likeness (QED) is 0.371. The van der Waals surface area contributed by atoms with Crippen molar-refractivity contribution in [2.75, 3.05) is 12.8 Å². The molecule has 0 radical (unpaired) electrons. The lowest BCUT2D eigenvalue weighted by atomic mass is 10.3. The zero-order valence-corrected chi connectivity index (χ0v) is 15.0. The summed E-state index contributed by atoms with van der Waals surface area (Å²) in [5, 5.41) is 11.5. The first-order valence-corrected chi connectivity index (χ1v) is 9.29. The third kappa shape index (κ3) is 4.34. The van der Waals surface area contributed by atoms with Crippen LogP contribution in [0.15, 0.2) is 53.4 Å². The summed E-state index contributed by atoms with van der Waals surface area (Å²) in [5.74, 6) is 0.266. The molecule has 0 aliphatic carbocycles. The Morgan fingerprint density at radius 3 is 2.64 bits per heavy atom. The van der Waals surface area contributed by atoms with Crippen LogP contribution in [0.3, 0.4) is 0 Å². The van der Waals surface area contributed by atoms with Gasteiger partial charge in [-0.3, -0.25) is 14.9 Å². The lowest BCUT2D eigenvalue weighted by Crippen LogP contribution is -2.27. The van der Waals surface area contributed by atoms with Crippen molar-refractivity contribution in [3.05, 3.63) is 63.7 Å². The summed E-state index contributed by atoms with van der Waals surface area (Å²) in [4.78, 5) is 29.5. The Morgan fingerprint density at radius 2 is 1.96 bits per heavy atom. The van der Waals surface area contributed by atoms with Gasteiger partial charge in [0.2, 0.25) is 5.91 Å². The Balaban J connectivity index is 1.56. The minimum absolute atomic E-state index is 0.0115. The van der Waals surface area contributed by atoms with Crippen molar-refractivity contribution in [2.45, 2.75) is 11.4 Å². The normalized spacial score (nSPS) is 10.8. The van der Waals surface area contributed by atoms with Crippen molar-refractivity contribution < 1.29 is 9.72 Å². The van der Waals surface area contributed by atoms with Crippen molar-refractivity contribution in [3.8, 4) is 0 Å². The first-order chi connectivity index (χ1) is 12.0. The molecule has 0 saturated carbocycles. The number of benzene rings is 2. The Hall–Kier alpha value is -2.45. The first-order valence-electron chi connectivity index (χ1n) is 7.48. The fraction of sp³-hybridized carbons (Fsp3) is 0.176. The summed E-state index contributed by atoms with van der Waals surface area (Å²) in [5.41, 5.74) is 0.993. The van der Waals surface area contributed by atoms with Crippen molar-refractivity contribution in [1.82, 2.24) is 9.88 Å². The number of carbonyl (C=O) groups is 1. The summed E-state index contributed by atoms with van der Waals surface area (Å²) < 4.78 is 1.11. The van der Waals surface area contributed by atoms with Gasteiger partial charge in [-0.2, -0.15) is 0 Å². The van der Waals surface area contributed by atoms with E-state index in [1.54, 1.807) is 35.4 Å². The van der Waals surface area contributed by atoms with Crippen molar-refractivity contribution in [3.63, 3.8) is 0 Å². The van der Waals surface area contributed by atoms with Crippen LogP contribution in [0.1, 0.15) is 5.01 Å². The number of para-hydroxylation sites is 1. The van der Waals surface area contributed by atoms with E-state index < -0.39 is 4.92 Å². The van der Waals surface area contributed by atoms with Gasteiger partial charge >= 0.3 is 0 Å². The van der Waals surface area contributed by atoms with E-state index in [1.165, 1.54) is 23.9 Å². The third-order valence-corrected chi connectivity index (χ3v) is 5.56. The summed E-state index contributed by atoms with van der Waals surface area (Å²) in [7, 11) is 1.75. The van der Waals surface area contributed by atoms with Gasteiger partial charge in [0.15, 0.2) is 0 Å². The fourth-order valence-electron chi connectivity index (χ4n) is 2.20. The van der Waals surface area contributed by atoms with E-state index in [2.05, 4.69) is 4.98 Å². The van der Waals surface area contributed by atoms with Crippen molar-refractivity contribution in [1.29, 1.82) is 0 Å². The Kier molecular flexibility index (Phi) is 5.30. The van der Waals surface area contributed by atoms with Crippen LogP contribution < -0.4 is 0 Å². The molecule has 0 bridgehead atoms. The SMILES string of the molecule is CN(Cc1nc2ccccc2s1)C(=O)CSc1ccc([N+](=O)[O-])cc1. The molecule has 0 N–H and O–H groups in total. The smallest absolute Gasteiger partial charge is 0.269 e. The second-order valence-corrected chi connectivity index (χ2v) is 7.53. The maximum Gasteiger partial charge on any atom is 0.269 e. The number of thioether (sulfide) groups is 1. The van der Waals surface area contributed by atoms with Crippen LogP contribution in [-0.2, 0) is 11.3 Å². The Labute approximate surface area is 152 Å². The van der Waals surface area contributed by atoms with E-state index in [4.69, 9.17) is 0 Å². The predicted octanol–water partition coefficient (Wildman–Crippen LogP) is 3.96. The summed E-state index contributed by atoms with van der Waals surface area (Å²) in [6.45, 7) is 0.471. The summed E-state index contributed by atoms with van der Waals surface area (Å²) in [6, 6.07) is 14.1. The van der Waals surface area contributed by atoms with E-state index >= 15 is 0 Å². The molecule has 0 spiro atoms. The molecular weight excluding hydrogens is 358 g/mol. The van der Waals surface area contributed by atoms with Crippen LogP contribution >= 0.6 is 23.1 Å². The number of non-ortho nitro benzene ring substituents is 1. The van der Waals surface area contributed by atoms with E-state index in [0.29, 0.717) is 6.54 Å². The molecule has 3 rings (SSSR count). The van der Waals surface area contributed by atoms with Crippen LogP contribution in [0.5, 0.6) is 0 Å². The number of fused-ring (bicyclic) bond motifs is 1. The van der Waals surface area contributed by atoms with Crippen LogP contribution in [0, 0.1) is 10.1 Å². The van der Waals surface area contributed by atoms with Gasteiger partial charge in [0.25, 0.3) is 5.69 Å². The molecule has 128 valence electrons. The number of thiazole rings is 1. The molecule has 6 nitrogen and oxygen atoms in total. The van der Waals surface area contributed by atoms with Crippen LogP contribution in [-0.4, -0.2) is 33.5 Å². The van der Waals surface area contributed by atoms with Gasteiger partial charge in [-0.05, 0) is 24.3 Å². The van der Waals surface area contributed by atoms with E-state index in [9.17, 15) is 14.9 Å². The highest BCUT2D eigenvalue weighted by Crippen LogP contribution is 2.24. The number of nitro benzene ring substituents is 1. The second-order valence-electron chi connectivity index (χ2n) is 5.36. The molecule has 0 fully saturated rings. The highest BCUT2D eigenvalue weighted by Gasteiger charge is 2.13. The molecule has 0 atom stereocenters. The van der Waals surface area contributed by atoms with E-state index in [-0.39, 0.29) is 17.3 Å². The number of carbonyl (C=O) groups excluding carboxylic acids is 1. The predicted molar refractivity (Wildman–Crippen MR) is 99.9 cm³/mol. The van der Waals surface area contributed by atoms with Crippen molar-refractivity contribution >= 4 is 44.9 Å². The topological polar surface area (TPSA) is 76.3 Å². The van der Waals surface area contributed by atoms with Gasteiger partial charge in [0.05, 0.1) is 27.4 Å². The molecule has 0 unspecified atom stereocenters. The van der Waals surface area contributed by atoms with Gasteiger partial charge in [0.1, 0.15) is 5.01 Å².